The Morgan fingerprint density at radius 1 is 1.06 bits per heavy atom. The van der Waals surface area contributed by atoms with E-state index in [4.69, 9.17) is 19.6 Å². The minimum atomic E-state index is -0.338. The van der Waals surface area contributed by atoms with Crippen LogP contribution >= 0.6 is 0 Å². The second-order valence-electron chi connectivity index (χ2n) is 9.29. The molecule has 2 heterocycles. The summed E-state index contributed by atoms with van der Waals surface area (Å²) in [4.78, 5) is 18.1. The summed E-state index contributed by atoms with van der Waals surface area (Å²) in [5.74, 6) is 2.98. The van der Waals surface area contributed by atoms with Crippen LogP contribution in [0.4, 0.5) is 5.95 Å². The lowest BCUT2D eigenvalue weighted by atomic mass is 9.73. The molecule has 0 saturated heterocycles. The number of hydrogen-bond acceptors (Lipinski definition) is 6. The summed E-state index contributed by atoms with van der Waals surface area (Å²) in [5.41, 5.74) is 3.47. The zero-order valence-corrected chi connectivity index (χ0v) is 19.4. The lowest BCUT2D eigenvalue weighted by Crippen LogP contribution is -2.36. The molecule has 1 atom stereocenters. The van der Waals surface area contributed by atoms with Crippen molar-refractivity contribution in [2.24, 2.45) is 5.41 Å². The first kappa shape index (κ1) is 21.2. The van der Waals surface area contributed by atoms with Crippen LogP contribution in [0.2, 0.25) is 0 Å². The molecule has 33 heavy (non-hydrogen) atoms. The molecule has 0 radical (unpaired) electrons. The molecule has 1 aromatic heterocycles. The first-order valence-electron chi connectivity index (χ1n) is 11.3. The van der Waals surface area contributed by atoms with Gasteiger partial charge in [0.1, 0.15) is 17.5 Å². The van der Waals surface area contributed by atoms with Crippen molar-refractivity contribution < 1.29 is 14.3 Å². The maximum absolute atomic E-state index is 13.3. The van der Waals surface area contributed by atoms with Gasteiger partial charge in [-0.25, -0.2) is 4.68 Å². The van der Waals surface area contributed by atoms with Crippen molar-refractivity contribution >= 4 is 11.7 Å². The molecular weight excluding hydrogens is 416 g/mol. The Kier molecular flexibility index (Phi) is 5.19. The number of benzene rings is 2. The molecule has 0 saturated carbocycles. The van der Waals surface area contributed by atoms with Gasteiger partial charge in [-0.3, -0.25) is 4.79 Å². The number of aromatic nitrogens is 3. The van der Waals surface area contributed by atoms with Crippen LogP contribution in [-0.4, -0.2) is 34.3 Å². The number of ether oxygens (including phenoxy) is 2. The molecule has 7 heteroatoms. The highest BCUT2D eigenvalue weighted by atomic mass is 16.5. The highest BCUT2D eigenvalue weighted by Crippen LogP contribution is 2.45. The molecule has 0 spiro atoms. The number of fused-ring (bicyclic) bond motifs is 1. The Balaban J connectivity index is 1.60. The van der Waals surface area contributed by atoms with Gasteiger partial charge < -0.3 is 14.8 Å². The summed E-state index contributed by atoms with van der Waals surface area (Å²) in [7, 11) is 1.64. The van der Waals surface area contributed by atoms with E-state index in [0.29, 0.717) is 24.8 Å². The lowest BCUT2D eigenvalue weighted by Gasteiger charge is -2.38. The molecule has 0 fully saturated rings. The van der Waals surface area contributed by atoms with Gasteiger partial charge in [-0.2, -0.15) is 4.98 Å². The van der Waals surface area contributed by atoms with E-state index in [1.54, 1.807) is 7.11 Å². The number of methoxy groups -OCH3 is 1. The third kappa shape index (κ3) is 3.88. The van der Waals surface area contributed by atoms with Crippen LogP contribution in [0.1, 0.15) is 45.2 Å². The van der Waals surface area contributed by atoms with Crippen LogP contribution in [0.25, 0.3) is 11.4 Å². The van der Waals surface area contributed by atoms with Crippen molar-refractivity contribution in [3.63, 3.8) is 0 Å². The zero-order valence-electron chi connectivity index (χ0n) is 19.4. The SMILES string of the molecule is CCOc1ccc(-c2nc3n(n2)[C@H](c2ccc(OC)cc2)C2=C(CC(C)(C)CC2=O)N3)cc1. The molecule has 1 aliphatic heterocycles. The minimum absolute atomic E-state index is 0.104. The standard InChI is InChI=1S/C26H28N4O3/c1-5-33-19-12-8-17(9-13-19)24-28-25-27-20-14-26(2,3)15-21(31)22(20)23(30(25)29-24)16-6-10-18(32-4)11-7-16/h6-13,23H,5,14-15H2,1-4H3,(H,27,28,29)/t23-/m1/s1. The third-order valence-corrected chi connectivity index (χ3v) is 6.19. The van der Waals surface area contributed by atoms with Crippen molar-refractivity contribution in [2.45, 2.75) is 39.7 Å². The van der Waals surface area contributed by atoms with Gasteiger partial charge in [0.15, 0.2) is 11.6 Å². The fourth-order valence-corrected chi connectivity index (χ4v) is 4.69. The minimum Gasteiger partial charge on any atom is -0.497 e. The van der Waals surface area contributed by atoms with Crippen molar-refractivity contribution in [3.8, 4) is 22.9 Å². The van der Waals surface area contributed by atoms with Crippen molar-refractivity contribution in [2.75, 3.05) is 19.0 Å². The predicted octanol–water partition coefficient (Wildman–Crippen LogP) is 5.01. The number of rotatable bonds is 5. The summed E-state index contributed by atoms with van der Waals surface area (Å²) in [6.45, 7) is 6.83. The van der Waals surface area contributed by atoms with Crippen LogP contribution < -0.4 is 14.8 Å². The third-order valence-electron chi connectivity index (χ3n) is 6.19. The molecule has 0 amide bonds. The monoisotopic (exact) mass is 444 g/mol. The molecule has 5 rings (SSSR count). The smallest absolute Gasteiger partial charge is 0.226 e. The van der Waals surface area contributed by atoms with Crippen molar-refractivity contribution in [1.82, 2.24) is 14.8 Å². The molecule has 1 aliphatic carbocycles. The number of nitrogens with one attached hydrogen (secondary N) is 1. The maximum atomic E-state index is 13.3. The van der Waals surface area contributed by atoms with Gasteiger partial charge in [0.2, 0.25) is 5.95 Å². The fourth-order valence-electron chi connectivity index (χ4n) is 4.69. The Bertz CT molecular complexity index is 1220. The van der Waals surface area contributed by atoms with Crippen molar-refractivity contribution in [1.29, 1.82) is 0 Å². The largest absolute Gasteiger partial charge is 0.497 e. The van der Waals surface area contributed by atoms with Gasteiger partial charge in [-0.05, 0) is 60.7 Å². The molecule has 170 valence electrons. The molecular formula is C26H28N4O3. The number of nitrogens with zero attached hydrogens (tertiary/aromatic N) is 3. The van der Waals surface area contributed by atoms with E-state index < -0.39 is 0 Å². The van der Waals surface area contributed by atoms with Crippen LogP contribution in [-0.2, 0) is 4.79 Å². The number of Topliss-reactive ketones (excluding diaryl/α,β-unsaturated/α-hetero) is 1. The summed E-state index contributed by atoms with van der Waals surface area (Å²) < 4.78 is 12.7. The van der Waals surface area contributed by atoms with Gasteiger partial charge in [-0.15, -0.1) is 5.10 Å². The summed E-state index contributed by atoms with van der Waals surface area (Å²) >= 11 is 0. The van der Waals surface area contributed by atoms with E-state index in [2.05, 4.69) is 19.2 Å². The summed E-state index contributed by atoms with van der Waals surface area (Å²) in [6.07, 6.45) is 1.29. The van der Waals surface area contributed by atoms with Gasteiger partial charge in [0.25, 0.3) is 0 Å². The highest BCUT2D eigenvalue weighted by molar-refractivity contribution is 6.00. The van der Waals surface area contributed by atoms with E-state index in [-0.39, 0.29) is 17.2 Å². The fraction of sp³-hybridized carbons (Fsp3) is 0.346. The van der Waals surface area contributed by atoms with Gasteiger partial charge >= 0.3 is 0 Å². The summed E-state index contributed by atoms with van der Waals surface area (Å²) in [6, 6.07) is 15.2. The van der Waals surface area contributed by atoms with E-state index >= 15 is 0 Å². The second kappa shape index (κ2) is 8.06. The highest BCUT2D eigenvalue weighted by Gasteiger charge is 2.41. The van der Waals surface area contributed by atoms with E-state index in [9.17, 15) is 4.79 Å². The lowest BCUT2D eigenvalue weighted by molar-refractivity contribution is -0.118. The normalized spacial score (nSPS) is 18.9. The number of carbonyl (C=O) groups is 1. The molecule has 1 N–H and O–H groups in total. The van der Waals surface area contributed by atoms with E-state index in [1.807, 2.05) is 60.1 Å². The number of hydrogen-bond donors (Lipinski definition) is 1. The Morgan fingerprint density at radius 2 is 1.76 bits per heavy atom. The van der Waals surface area contributed by atoms with Crippen LogP contribution in [0.15, 0.2) is 59.8 Å². The quantitative estimate of drug-likeness (QED) is 0.596. The molecule has 0 unspecified atom stereocenters. The molecule has 7 nitrogen and oxygen atoms in total. The zero-order chi connectivity index (χ0) is 23.2. The Hall–Kier alpha value is -3.61. The maximum Gasteiger partial charge on any atom is 0.226 e. The molecule has 0 bridgehead atoms. The van der Waals surface area contributed by atoms with E-state index in [1.165, 1.54) is 0 Å². The average Bonchev–Trinajstić information content (AvgIpc) is 3.21. The number of carbonyl (C=O) groups excluding carboxylic acids is 1. The molecule has 3 aromatic rings. The van der Waals surface area contributed by atoms with Crippen LogP contribution in [0, 0.1) is 5.41 Å². The number of allylic oxidation sites excluding steroid dienone is 2. The summed E-state index contributed by atoms with van der Waals surface area (Å²) in [5, 5.41) is 8.27. The predicted molar refractivity (Wildman–Crippen MR) is 126 cm³/mol. The first-order valence-corrected chi connectivity index (χ1v) is 11.3. The topological polar surface area (TPSA) is 78.3 Å². The average molecular weight is 445 g/mol. The second-order valence-corrected chi connectivity index (χ2v) is 9.29. The number of ketones is 1. The number of anilines is 1. The van der Waals surface area contributed by atoms with Crippen LogP contribution in [0.3, 0.4) is 0 Å². The van der Waals surface area contributed by atoms with Gasteiger partial charge in [-0.1, -0.05) is 26.0 Å². The Labute approximate surface area is 193 Å². The van der Waals surface area contributed by atoms with Crippen molar-refractivity contribution in [3.05, 3.63) is 65.4 Å². The Morgan fingerprint density at radius 3 is 2.42 bits per heavy atom. The van der Waals surface area contributed by atoms with Gasteiger partial charge in [0, 0.05) is 23.3 Å². The first-order chi connectivity index (χ1) is 15.9. The van der Waals surface area contributed by atoms with E-state index in [0.717, 1.165) is 40.3 Å². The van der Waals surface area contributed by atoms with Crippen LogP contribution in [0.5, 0.6) is 11.5 Å². The van der Waals surface area contributed by atoms with Gasteiger partial charge in [0.05, 0.1) is 13.7 Å². The molecule has 2 aromatic carbocycles. The molecule has 2 aliphatic rings.